The van der Waals surface area contributed by atoms with Crippen molar-refractivity contribution in [1.29, 1.82) is 0 Å². The van der Waals surface area contributed by atoms with Crippen LogP contribution in [0.2, 0.25) is 0 Å². The van der Waals surface area contributed by atoms with Gasteiger partial charge in [0, 0.05) is 28.9 Å². The average molecular weight is 447 g/mol. The first-order valence-electron chi connectivity index (χ1n) is 11.3. The van der Waals surface area contributed by atoms with Crippen LogP contribution in [0.15, 0.2) is 36.4 Å². The summed E-state index contributed by atoms with van der Waals surface area (Å²) >= 11 is 0. The smallest absolute Gasteiger partial charge is 0.252 e. The van der Waals surface area contributed by atoms with Crippen LogP contribution in [-0.4, -0.2) is 56.0 Å². The predicted molar refractivity (Wildman–Crippen MR) is 127 cm³/mol. The molecule has 1 aliphatic heterocycles. The van der Waals surface area contributed by atoms with Gasteiger partial charge in [-0.1, -0.05) is 29.8 Å². The normalized spacial score (nSPS) is 14.9. The van der Waals surface area contributed by atoms with Crippen molar-refractivity contribution < 1.29 is 9.59 Å². The molecule has 1 N–H and O–H groups in total. The second kappa shape index (κ2) is 9.62. The Morgan fingerprint density at radius 3 is 2.21 bits per heavy atom. The number of benzene rings is 1. The number of hydrogen-bond donors (Lipinski definition) is 1. The van der Waals surface area contributed by atoms with Crippen LogP contribution < -0.4 is 5.32 Å². The molecule has 33 heavy (non-hydrogen) atoms. The van der Waals surface area contributed by atoms with Gasteiger partial charge in [0.2, 0.25) is 5.91 Å². The van der Waals surface area contributed by atoms with E-state index in [2.05, 4.69) is 25.3 Å². The molecule has 1 saturated heterocycles. The third-order valence-corrected chi connectivity index (χ3v) is 5.92. The highest BCUT2D eigenvalue weighted by Gasteiger charge is 2.27. The molecule has 0 aliphatic carbocycles. The number of likely N-dealkylation sites (tertiary alicyclic amines) is 1. The number of aryl methyl sites for hydroxylation is 4. The number of aromatic nitrogens is 4. The molecule has 1 aliphatic rings. The number of anilines is 1. The molecule has 0 atom stereocenters. The van der Waals surface area contributed by atoms with Gasteiger partial charge in [0.1, 0.15) is 5.82 Å². The quantitative estimate of drug-likeness (QED) is 0.583. The minimum atomic E-state index is -0.121. The van der Waals surface area contributed by atoms with Gasteiger partial charge in [-0.2, -0.15) is 9.78 Å². The number of piperidine rings is 1. The zero-order valence-electron chi connectivity index (χ0n) is 19.6. The van der Waals surface area contributed by atoms with Crippen LogP contribution in [0.25, 0.3) is 5.95 Å². The van der Waals surface area contributed by atoms with E-state index >= 15 is 0 Å². The van der Waals surface area contributed by atoms with Crippen molar-refractivity contribution in [2.45, 2.75) is 40.5 Å². The Balaban J connectivity index is 1.35. The highest BCUT2D eigenvalue weighted by atomic mass is 16.2. The lowest BCUT2D eigenvalue weighted by molar-refractivity contribution is -0.117. The molecule has 3 heterocycles. The Morgan fingerprint density at radius 1 is 0.939 bits per heavy atom. The largest absolute Gasteiger partial charge is 0.309 e. The Labute approximate surface area is 194 Å². The maximum absolute atomic E-state index is 12.8. The van der Waals surface area contributed by atoms with Gasteiger partial charge in [-0.15, -0.1) is 0 Å². The predicted octanol–water partition coefficient (Wildman–Crippen LogP) is 3.43. The van der Waals surface area contributed by atoms with Crippen molar-refractivity contribution in [3.8, 4) is 5.95 Å². The molecule has 0 radical (unpaired) electrons. The monoisotopic (exact) mass is 446 g/mol. The number of carbonyl (C=O) groups is 2. The van der Waals surface area contributed by atoms with E-state index in [0.29, 0.717) is 24.9 Å². The molecule has 8 nitrogen and oxygen atoms in total. The van der Waals surface area contributed by atoms with Crippen LogP contribution in [0.1, 0.15) is 45.8 Å². The van der Waals surface area contributed by atoms with Crippen LogP contribution in [0.3, 0.4) is 0 Å². The summed E-state index contributed by atoms with van der Waals surface area (Å²) in [5.41, 5.74) is 4.36. The number of rotatable bonds is 6. The minimum absolute atomic E-state index is 0.0119. The van der Waals surface area contributed by atoms with E-state index in [1.54, 1.807) is 4.68 Å². The van der Waals surface area contributed by atoms with Crippen LogP contribution in [-0.2, 0) is 4.79 Å². The SMILES string of the molecule is Cc1ccc(C(=O)C2CCN(CC(=O)Nc3cc(C)nn3-c3nc(C)cc(C)n3)CC2)cc1. The van der Waals surface area contributed by atoms with Gasteiger partial charge in [-0.05, 0) is 59.7 Å². The Kier molecular flexibility index (Phi) is 6.65. The number of amides is 1. The van der Waals surface area contributed by atoms with E-state index in [1.807, 2.05) is 64.1 Å². The lowest BCUT2D eigenvalue weighted by atomic mass is 9.88. The first kappa shape index (κ1) is 22.8. The summed E-state index contributed by atoms with van der Waals surface area (Å²) in [6.45, 7) is 9.39. The second-order valence-electron chi connectivity index (χ2n) is 8.86. The number of hydrogen-bond acceptors (Lipinski definition) is 6. The number of carbonyl (C=O) groups excluding carboxylic acids is 2. The van der Waals surface area contributed by atoms with E-state index in [9.17, 15) is 9.59 Å². The third kappa shape index (κ3) is 5.51. The number of Topliss-reactive ketones (excluding diaryl/α,β-unsaturated/α-hetero) is 1. The summed E-state index contributed by atoms with van der Waals surface area (Å²) in [7, 11) is 0. The number of nitrogens with one attached hydrogen (secondary N) is 1. The fourth-order valence-corrected chi connectivity index (χ4v) is 4.24. The minimum Gasteiger partial charge on any atom is -0.309 e. The Morgan fingerprint density at radius 2 is 1.58 bits per heavy atom. The maximum Gasteiger partial charge on any atom is 0.252 e. The topological polar surface area (TPSA) is 93.0 Å². The first-order chi connectivity index (χ1) is 15.8. The van der Waals surface area contributed by atoms with Gasteiger partial charge in [-0.3, -0.25) is 14.5 Å². The molecule has 8 heteroatoms. The average Bonchev–Trinajstić information content (AvgIpc) is 3.13. The van der Waals surface area contributed by atoms with Gasteiger partial charge in [-0.25, -0.2) is 9.97 Å². The van der Waals surface area contributed by atoms with Gasteiger partial charge in [0.15, 0.2) is 5.78 Å². The zero-order chi connectivity index (χ0) is 23.5. The standard InChI is InChI=1S/C25H30N6O2/c1-16-5-7-20(8-6-16)24(33)21-9-11-30(12-10-21)15-23(32)28-22-14-19(4)29-31(22)25-26-17(2)13-18(3)27-25/h5-8,13-14,21H,9-12,15H2,1-4H3,(H,28,32). The molecule has 172 valence electrons. The van der Waals surface area contributed by atoms with Gasteiger partial charge in [0.25, 0.3) is 5.95 Å². The van der Waals surface area contributed by atoms with Crippen molar-refractivity contribution >= 4 is 17.5 Å². The van der Waals surface area contributed by atoms with Crippen molar-refractivity contribution in [2.75, 3.05) is 25.0 Å². The van der Waals surface area contributed by atoms with Crippen LogP contribution in [0.5, 0.6) is 0 Å². The molecule has 0 spiro atoms. The molecular formula is C25H30N6O2. The van der Waals surface area contributed by atoms with Crippen molar-refractivity contribution in [3.63, 3.8) is 0 Å². The zero-order valence-corrected chi connectivity index (χ0v) is 19.6. The summed E-state index contributed by atoms with van der Waals surface area (Å²) in [5.74, 6) is 1.08. The fourth-order valence-electron chi connectivity index (χ4n) is 4.24. The van der Waals surface area contributed by atoms with E-state index in [1.165, 1.54) is 0 Å². The van der Waals surface area contributed by atoms with Crippen LogP contribution in [0, 0.1) is 33.6 Å². The van der Waals surface area contributed by atoms with Gasteiger partial charge in [0.05, 0.1) is 12.2 Å². The van der Waals surface area contributed by atoms with Gasteiger partial charge < -0.3 is 5.32 Å². The fraction of sp³-hybridized carbons (Fsp3) is 0.400. The Bertz CT molecular complexity index is 1140. The second-order valence-corrected chi connectivity index (χ2v) is 8.86. The molecule has 3 aromatic rings. The highest BCUT2D eigenvalue weighted by Crippen LogP contribution is 2.22. The maximum atomic E-state index is 12.8. The molecule has 0 saturated carbocycles. The Hall–Kier alpha value is -3.39. The molecule has 4 rings (SSSR count). The van der Waals surface area contributed by atoms with E-state index in [0.717, 1.165) is 41.1 Å². The summed E-state index contributed by atoms with van der Waals surface area (Å²) in [4.78, 5) is 36.6. The molecule has 2 aromatic heterocycles. The van der Waals surface area contributed by atoms with Crippen LogP contribution >= 0.6 is 0 Å². The molecule has 1 fully saturated rings. The lowest BCUT2D eigenvalue weighted by Gasteiger charge is -2.30. The lowest BCUT2D eigenvalue weighted by Crippen LogP contribution is -2.41. The van der Waals surface area contributed by atoms with Crippen molar-refractivity contribution in [1.82, 2.24) is 24.6 Å². The highest BCUT2D eigenvalue weighted by molar-refractivity contribution is 5.98. The van der Waals surface area contributed by atoms with E-state index < -0.39 is 0 Å². The molecule has 1 amide bonds. The first-order valence-corrected chi connectivity index (χ1v) is 11.3. The molecule has 0 unspecified atom stereocenters. The van der Waals surface area contributed by atoms with Crippen LogP contribution in [0.4, 0.5) is 5.82 Å². The van der Waals surface area contributed by atoms with Crippen molar-refractivity contribution in [2.24, 2.45) is 5.92 Å². The third-order valence-electron chi connectivity index (χ3n) is 5.92. The summed E-state index contributed by atoms with van der Waals surface area (Å²) in [5, 5.41) is 7.41. The molecule has 1 aromatic carbocycles. The number of ketones is 1. The molecular weight excluding hydrogens is 416 g/mol. The summed E-state index contributed by atoms with van der Waals surface area (Å²) in [6.07, 6.45) is 1.51. The molecule has 0 bridgehead atoms. The van der Waals surface area contributed by atoms with E-state index in [-0.39, 0.29) is 24.2 Å². The summed E-state index contributed by atoms with van der Waals surface area (Å²) < 4.78 is 1.57. The van der Waals surface area contributed by atoms with E-state index in [4.69, 9.17) is 0 Å². The summed E-state index contributed by atoms with van der Waals surface area (Å²) in [6, 6.07) is 11.5. The number of nitrogens with zero attached hydrogens (tertiary/aromatic N) is 5. The van der Waals surface area contributed by atoms with Gasteiger partial charge >= 0.3 is 0 Å². The van der Waals surface area contributed by atoms with Crippen molar-refractivity contribution in [3.05, 3.63) is 64.6 Å².